The van der Waals surface area contributed by atoms with Crippen LogP contribution in [0.25, 0.3) is 0 Å². The van der Waals surface area contributed by atoms with Crippen molar-refractivity contribution in [2.24, 2.45) is 0 Å². The molecule has 0 aromatic rings. The van der Waals surface area contributed by atoms with Gasteiger partial charge >= 0.3 is 6.18 Å². The number of rotatable bonds is 3. The second-order valence-corrected chi connectivity index (χ2v) is 2.17. The number of halogens is 3. The summed E-state index contributed by atoms with van der Waals surface area (Å²) in [5.74, 6) is -1.84. The third-order valence-electron chi connectivity index (χ3n) is 1.24. The van der Waals surface area contributed by atoms with E-state index in [-0.39, 0.29) is 5.57 Å². The Labute approximate surface area is 88.0 Å². The molecule has 0 spiro atoms. The lowest BCUT2D eigenvalue weighted by Crippen LogP contribution is -2.23. The van der Waals surface area contributed by atoms with Crippen molar-refractivity contribution in [2.45, 2.75) is 26.9 Å². The summed E-state index contributed by atoms with van der Waals surface area (Å²) in [5, 5.41) is 0. The molecule has 1 nitrogen and oxygen atoms in total. The number of allylic oxidation sites excluding steroid dienone is 5. The molecule has 0 aliphatic heterocycles. The minimum atomic E-state index is -4.81. The Hall–Kier alpha value is -1.32. The van der Waals surface area contributed by atoms with Crippen molar-refractivity contribution in [3.63, 3.8) is 0 Å². The molecule has 0 unspecified atom stereocenters. The highest BCUT2D eigenvalue weighted by atomic mass is 19.4. The zero-order valence-corrected chi connectivity index (χ0v) is 9.06. The highest BCUT2D eigenvalue weighted by Gasteiger charge is 2.39. The fourth-order valence-corrected chi connectivity index (χ4v) is 0.638. The first kappa shape index (κ1) is 16.1. The van der Waals surface area contributed by atoms with Gasteiger partial charge in [-0.2, -0.15) is 13.2 Å². The summed E-state index contributed by atoms with van der Waals surface area (Å²) in [6, 6.07) is 0. The molecule has 0 aliphatic carbocycles. The maximum absolute atomic E-state index is 11.9. The number of hydrogen-bond donors (Lipinski definition) is 0. The van der Waals surface area contributed by atoms with Crippen molar-refractivity contribution in [3.8, 4) is 0 Å². The maximum atomic E-state index is 11.9. The molecule has 0 bridgehead atoms. The first-order chi connectivity index (χ1) is 6.93. The van der Waals surface area contributed by atoms with Gasteiger partial charge in [0.25, 0.3) is 5.78 Å². The number of Topliss-reactive ketones (excluding diaryl/α,β-unsaturated/α-hetero) is 1. The van der Waals surface area contributed by atoms with Gasteiger partial charge in [0.15, 0.2) is 0 Å². The maximum Gasteiger partial charge on any atom is 0.454 e. The molecule has 0 aromatic heterocycles. The number of ketones is 1. The van der Waals surface area contributed by atoms with E-state index in [1.54, 1.807) is 0 Å². The van der Waals surface area contributed by atoms with E-state index < -0.39 is 12.0 Å². The molecule has 0 aliphatic rings. The van der Waals surface area contributed by atoms with Crippen LogP contribution in [0.15, 0.2) is 36.5 Å². The van der Waals surface area contributed by atoms with Crippen LogP contribution in [-0.2, 0) is 4.79 Å². The Balaban J connectivity index is 0. The van der Waals surface area contributed by atoms with Crippen LogP contribution in [0.3, 0.4) is 0 Å². The quantitative estimate of drug-likeness (QED) is 0.521. The van der Waals surface area contributed by atoms with E-state index in [9.17, 15) is 18.0 Å². The summed E-state index contributed by atoms with van der Waals surface area (Å²) < 4.78 is 35.6. The first-order valence-corrected chi connectivity index (χ1v) is 4.50. The third-order valence-corrected chi connectivity index (χ3v) is 1.24. The summed E-state index contributed by atoms with van der Waals surface area (Å²) >= 11 is 0. The number of carbonyl (C=O) groups excluding carboxylic acids is 1. The first-order valence-electron chi connectivity index (χ1n) is 4.50. The molecule has 86 valence electrons. The van der Waals surface area contributed by atoms with Crippen molar-refractivity contribution in [1.29, 1.82) is 0 Å². The molecule has 0 radical (unpaired) electrons. The highest BCUT2D eigenvalue weighted by molar-refractivity contribution is 6.01. The zero-order valence-electron chi connectivity index (χ0n) is 9.06. The van der Waals surface area contributed by atoms with Gasteiger partial charge in [0.05, 0.1) is 0 Å². The van der Waals surface area contributed by atoms with Crippen molar-refractivity contribution in [3.05, 3.63) is 36.5 Å². The molecule has 0 rings (SSSR count). The summed E-state index contributed by atoms with van der Waals surface area (Å²) in [6.07, 6.45) is -0.0574. The van der Waals surface area contributed by atoms with Crippen molar-refractivity contribution >= 4 is 5.78 Å². The number of hydrogen-bond acceptors (Lipinski definition) is 1. The van der Waals surface area contributed by atoms with E-state index in [0.717, 1.165) is 12.2 Å². The van der Waals surface area contributed by atoms with Gasteiger partial charge in [-0.15, -0.1) is 0 Å². The lowest BCUT2D eigenvalue weighted by Gasteiger charge is -2.04. The van der Waals surface area contributed by atoms with E-state index in [1.165, 1.54) is 19.1 Å². The Morgan fingerprint density at radius 2 is 1.73 bits per heavy atom. The second-order valence-electron chi connectivity index (χ2n) is 2.17. The average molecular weight is 220 g/mol. The lowest BCUT2D eigenvalue weighted by molar-refractivity contribution is -0.166. The monoisotopic (exact) mass is 220 g/mol. The lowest BCUT2D eigenvalue weighted by atomic mass is 10.1. The zero-order chi connectivity index (χ0) is 12.5. The van der Waals surface area contributed by atoms with Gasteiger partial charge in [0, 0.05) is 5.57 Å². The van der Waals surface area contributed by atoms with Crippen LogP contribution in [0.2, 0.25) is 0 Å². The van der Waals surface area contributed by atoms with Crippen LogP contribution in [0.1, 0.15) is 20.8 Å². The highest BCUT2D eigenvalue weighted by Crippen LogP contribution is 2.21. The molecule has 0 saturated heterocycles. The molecule has 4 heteroatoms. The number of alkyl halides is 3. The topological polar surface area (TPSA) is 17.1 Å². The Kier molecular flexibility index (Phi) is 8.63. The van der Waals surface area contributed by atoms with Gasteiger partial charge in [-0.1, -0.05) is 44.7 Å². The molecular weight excluding hydrogens is 205 g/mol. The van der Waals surface area contributed by atoms with Gasteiger partial charge in [-0.3, -0.25) is 4.79 Å². The minimum absolute atomic E-state index is 0.382. The SMILES string of the molecule is C=C/C=C\C(=C/C)C(=O)C(F)(F)F.CC. The van der Waals surface area contributed by atoms with Gasteiger partial charge < -0.3 is 0 Å². The van der Waals surface area contributed by atoms with Gasteiger partial charge in [0.1, 0.15) is 0 Å². The predicted octanol–water partition coefficient (Wildman–Crippen LogP) is 3.83. The van der Waals surface area contributed by atoms with Gasteiger partial charge in [-0.25, -0.2) is 0 Å². The van der Waals surface area contributed by atoms with Crippen LogP contribution >= 0.6 is 0 Å². The van der Waals surface area contributed by atoms with E-state index >= 15 is 0 Å². The molecule has 0 aromatic carbocycles. The number of carbonyl (C=O) groups is 1. The summed E-state index contributed by atoms with van der Waals surface area (Å²) in [6.45, 7) is 8.65. The Bertz CT molecular complexity index is 259. The summed E-state index contributed by atoms with van der Waals surface area (Å²) in [7, 11) is 0. The average Bonchev–Trinajstić information content (AvgIpc) is 2.20. The summed E-state index contributed by atoms with van der Waals surface area (Å²) in [4.78, 5) is 10.6. The molecule has 0 fully saturated rings. The van der Waals surface area contributed by atoms with E-state index in [0.29, 0.717) is 0 Å². The molecule has 0 amide bonds. The van der Waals surface area contributed by atoms with Crippen LogP contribution in [-0.4, -0.2) is 12.0 Å². The van der Waals surface area contributed by atoms with Crippen molar-refractivity contribution in [2.75, 3.05) is 0 Å². The Morgan fingerprint density at radius 1 is 1.27 bits per heavy atom. The summed E-state index contributed by atoms with van der Waals surface area (Å²) in [5.41, 5.74) is -0.382. The molecule has 0 N–H and O–H groups in total. The predicted molar refractivity (Wildman–Crippen MR) is 55.5 cm³/mol. The Morgan fingerprint density at radius 3 is 2.00 bits per heavy atom. The van der Waals surface area contributed by atoms with E-state index in [4.69, 9.17) is 0 Å². The van der Waals surface area contributed by atoms with Gasteiger partial charge in [-0.05, 0) is 6.92 Å². The van der Waals surface area contributed by atoms with Crippen LogP contribution < -0.4 is 0 Å². The van der Waals surface area contributed by atoms with Crippen molar-refractivity contribution in [1.82, 2.24) is 0 Å². The van der Waals surface area contributed by atoms with Crippen LogP contribution in [0.5, 0.6) is 0 Å². The third kappa shape index (κ3) is 6.71. The van der Waals surface area contributed by atoms with Crippen LogP contribution in [0, 0.1) is 0 Å². The molecule has 0 atom stereocenters. The van der Waals surface area contributed by atoms with E-state index in [1.807, 2.05) is 13.8 Å². The van der Waals surface area contributed by atoms with Gasteiger partial charge in [0.2, 0.25) is 0 Å². The molecular formula is C11H15F3O. The standard InChI is InChI=1S/C9H9F3O.C2H6/c1-3-5-6-7(4-2)8(13)9(10,11)12;1-2/h3-6H,1H2,2H3;1-2H3/b6-5-,7-4+;. The minimum Gasteiger partial charge on any atom is -0.284 e. The molecule has 0 saturated carbocycles. The van der Waals surface area contributed by atoms with Crippen molar-refractivity contribution < 1.29 is 18.0 Å². The molecule has 0 heterocycles. The van der Waals surface area contributed by atoms with Crippen LogP contribution in [0.4, 0.5) is 13.2 Å². The second kappa shape index (κ2) is 8.03. The fraction of sp³-hybridized carbons (Fsp3) is 0.364. The van der Waals surface area contributed by atoms with E-state index in [2.05, 4.69) is 6.58 Å². The molecule has 15 heavy (non-hydrogen) atoms. The normalized spacial score (nSPS) is 12.0. The fourth-order valence-electron chi connectivity index (χ4n) is 0.638. The largest absolute Gasteiger partial charge is 0.454 e. The smallest absolute Gasteiger partial charge is 0.284 e.